The molecule has 9 nitrogen and oxygen atoms in total. The quantitative estimate of drug-likeness (QED) is 0.0211. The number of ether oxygens (including phenoxy) is 2. The molecule has 10 heteroatoms. The predicted molar refractivity (Wildman–Crippen MR) is 380 cm³/mol. The van der Waals surface area contributed by atoms with Crippen LogP contribution in [0.25, 0.3) is 0 Å². The monoisotopic (exact) mass is 1240 g/mol. The molecule has 2 atom stereocenters. The lowest BCUT2D eigenvalue weighted by Crippen LogP contribution is -2.37. The largest absolute Gasteiger partial charge is 0.472 e. The average Bonchev–Trinajstić information content (AvgIpc) is 3.68. The first kappa shape index (κ1) is 83.4. The number of esters is 2. The summed E-state index contributed by atoms with van der Waals surface area (Å²) in [5.41, 5.74) is 0. The fraction of sp³-hybridized carbons (Fsp3) is 0.615. The van der Waals surface area contributed by atoms with Crippen LogP contribution in [0.3, 0.4) is 0 Å². The van der Waals surface area contributed by atoms with Crippen LogP contribution < -0.4 is 0 Å². The number of hydrogen-bond acceptors (Lipinski definition) is 7. The van der Waals surface area contributed by atoms with Gasteiger partial charge in [-0.3, -0.25) is 18.6 Å². The van der Waals surface area contributed by atoms with Crippen molar-refractivity contribution in [1.29, 1.82) is 0 Å². The summed E-state index contributed by atoms with van der Waals surface area (Å²) >= 11 is 0. The second-order valence-corrected chi connectivity index (χ2v) is 25.3. The molecule has 0 aliphatic heterocycles. The summed E-state index contributed by atoms with van der Waals surface area (Å²) in [6, 6.07) is 0. The first-order valence-corrected chi connectivity index (χ1v) is 36.4. The summed E-state index contributed by atoms with van der Waals surface area (Å²) in [7, 11) is 1.45. The molecule has 88 heavy (non-hydrogen) atoms. The number of hydrogen-bond donors (Lipinski definition) is 1. The molecule has 2 unspecified atom stereocenters. The van der Waals surface area contributed by atoms with E-state index < -0.39 is 26.5 Å². The highest BCUT2D eigenvalue weighted by molar-refractivity contribution is 7.47. The van der Waals surface area contributed by atoms with E-state index in [-0.39, 0.29) is 32.0 Å². The minimum Gasteiger partial charge on any atom is -0.462 e. The molecule has 0 fully saturated rings. The number of quaternary nitrogens is 1. The van der Waals surface area contributed by atoms with E-state index in [1.807, 2.05) is 21.1 Å². The minimum atomic E-state index is -4.41. The van der Waals surface area contributed by atoms with Crippen LogP contribution >= 0.6 is 7.82 Å². The summed E-state index contributed by atoms with van der Waals surface area (Å²) in [5, 5.41) is 0. The van der Waals surface area contributed by atoms with Gasteiger partial charge in [0.05, 0.1) is 27.7 Å². The zero-order valence-corrected chi connectivity index (χ0v) is 57.5. The van der Waals surface area contributed by atoms with Gasteiger partial charge >= 0.3 is 19.8 Å². The number of allylic oxidation sites excluding steroid dienone is 28. The van der Waals surface area contributed by atoms with Gasteiger partial charge in [-0.2, -0.15) is 0 Å². The summed E-state index contributed by atoms with van der Waals surface area (Å²) in [6.45, 7) is 4.19. The van der Waals surface area contributed by atoms with Crippen LogP contribution in [0.2, 0.25) is 0 Å². The Labute approximate surface area is 540 Å². The smallest absolute Gasteiger partial charge is 0.462 e. The highest BCUT2D eigenvalue weighted by Gasteiger charge is 2.27. The van der Waals surface area contributed by atoms with Crippen LogP contribution in [0.15, 0.2) is 170 Å². The number of phosphoric acid groups is 1. The van der Waals surface area contributed by atoms with Crippen molar-refractivity contribution in [3.05, 3.63) is 170 Å². The number of carbonyl (C=O) groups excluding carboxylic acids is 2. The van der Waals surface area contributed by atoms with Crippen molar-refractivity contribution >= 4 is 19.8 Å². The second-order valence-electron chi connectivity index (χ2n) is 23.8. The van der Waals surface area contributed by atoms with Crippen LogP contribution in [0, 0.1) is 0 Å². The number of rotatable bonds is 62. The van der Waals surface area contributed by atoms with Gasteiger partial charge in [0.15, 0.2) is 6.10 Å². The fourth-order valence-electron chi connectivity index (χ4n) is 8.98. The minimum absolute atomic E-state index is 0.0214. The fourth-order valence-corrected chi connectivity index (χ4v) is 9.72. The molecule has 0 aromatic heterocycles. The van der Waals surface area contributed by atoms with Crippen molar-refractivity contribution in [1.82, 2.24) is 0 Å². The molecule has 0 aromatic carbocycles. The Morgan fingerprint density at radius 1 is 0.352 bits per heavy atom. The van der Waals surface area contributed by atoms with Gasteiger partial charge in [0.2, 0.25) is 0 Å². The predicted octanol–water partition coefficient (Wildman–Crippen LogP) is 22.9. The normalized spacial score (nSPS) is 14.2. The first-order chi connectivity index (χ1) is 43.0. The highest BCUT2D eigenvalue weighted by atomic mass is 31.2. The average molecular weight is 1240 g/mol. The van der Waals surface area contributed by atoms with Crippen molar-refractivity contribution in [3.63, 3.8) is 0 Å². The van der Waals surface area contributed by atoms with E-state index >= 15 is 0 Å². The van der Waals surface area contributed by atoms with Crippen LogP contribution in [0.5, 0.6) is 0 Å². The van der Waals surface area contributed by atoms with Gasteiger partial charge in [-0.05, 0) is 128 Å². The molecule has 0 heterocycles. The van der Waals surface area contributed by atoms with Crippen molar-refractivity contribution in [2.45, 2.75) is 264 Å². The van der Waals surface area contributed by atoms with E-state index in [2.05, 4.69) is 184 Å². The Hall–Kier alpha value is -4.63. The number of nitrogens with zero attached hydrogens (tertiary/aromatic N) is 1. The molecule has 0 saturated carbocycles. The van der Waals surface area contributed by atoms with Gasteiger partial charge in [0.25, 0.3) is 0 Å². The van der Waals surface area contributed by atoms with Gasteiger partial charge in [-0.15, -0.1) is 0 Å². The lowest BCUT2D eigenvalue weighted by molar-refractivity contribution is -0.870. The van der Waals surface area contributed by atoms with Crippen molar-refractivity contribution in [2.75, 3.05) is 47.5 Å². The number of likely N-dealkylation sites (N-methyl/N-ethyl adjacent to an activating group) is 1. The zero-order valence-electron chi connectivity index (χ0n) is 56.6. The van der Waals surface area contributed by atoms with Gasteiger partial charge in [-0.25, -0.2) is 4.57 Å². The van der Waals surface area contributed by atoms with Crippen molar-refractivity contribution in [2.24, 2.45) is 0 Å². The third-order valence-corrected chi connectivity index (χ3v) is 15.2. The second kappa shape index (κ2) is 66.8. The van der Waals surface area contributed by atoms with Crippen LogP contribution in [-0.4, -0.2) is 74.9 Å². The Morgan fingerprint density at radius 3 is 0.909 bits per heavy atom. The number of carbonyl (C=O) groups is 2. The maximum atomic E-state index is 12.9. The van der Waals surface area contributed by atoms with Crippen molar-refractivity contribution < 1.29 is 42.1 Å². The summed E-state index contributed by atoms with van der Waals surface area (Å²) in [5.74, 6) is -0.816. The maximum absolute atomic E-state index is 12.9. The molecule has 0 bridgehead atoms. The molecule has 0 aliphatic carbocycles. The Balaban J connectivity index is 4.14. The topological polar surface area (TPSA) is 108 Å². The highest BCUT2D eigenvalue weighted by Crippen LogP contribution is 2.43. The molecule has 0 aromatic rings. The SMILES string of the molecule is CC/C=C\C/C=C\C/C=C\C/C=C\C/C=C\C/C=C\C/C=C\C/C=C\C/C=C\CCCCCCCCCCCC(=O)OC(COC(=O)CCCCCCCCCCCCC/C=C\C/C=C\C/C=C\C/C=C\C/C=C\CC)COP(=O)(O)OCC[N+](C)(C)C. The molecule has 0 radical (unpaired) electrons. The number of unbranched alkanes of at least 4 members (excludes halogenated alkanes) is 20. The summed E-state index contributed by atoms with van der Waals surface area (Å²) in [6.07, 6.45) is 102. The molecule has 0 rings (SSSR count). The van der Waals surface area contributed by atoms with Gasteiger partial charge in [0, 0.05) is 12.8 Å². The Kier molecular flexibility index (Phi) is 63.3. The van der Waals surface area contributed by atoms with Gasteiger partial charge < -0.3 is 18.9 Å². The van der Waals surface area contributed by atoms with E-state index in [0.29, 0.717) is 17.4 Å². The van der Waals surface area contributed by atoms with Crippen LogP contribution in [0.1, 0.15) is 258 Å². The van der Waals surface area contributed by atoms with Crippen molar-refractivity contribution in [3.8, 4) is 0 Å². The molecule has 0 amide bonds. The molecule has 0 spiro atoms. The van der Waals surface area contributed by atoms with Gasteiger partial charge in [-0.1, -0.05) is 287 Å². The Bertz CT molecular complexity index is 2090. The number of phosphoric ester groups is 1. The summed E-state index contributed by atoms with van der Waals surface area (Å²) in [4.78, 5) is 35.9. The lowest BCUT2D eigenvalue weighted by atomic mass is 10.0. The first-order valence-electron chi connectivity index (χ1n) is 34.9. The van der Waals surface area contributed by atoms with E-state index in [1.165, 1.54) is 77.0 Å². The Morgan fingerprint density at radius 2 is 0.614 bits per heavy atom. The van der Waals surface area contributed by atoms with Crippen LogP contribution in [0.4, 0.5) is 0 Å². The van der Waals surface area contributed by atoms with E-state index in [4.69, 9.17) is 18.5 Å². The molecule has 1 N–H and O–H groups in total. The zero-order chi connectivity index (χ0) is 64.1. The van der Waals surface area contributed by atoms with E-state index in [1.54, 1.807) is 0 Å². The maximum Gasteiger partial charge on any atom is 0.472 e. The molecular formula is C78H129NO8P+. The molecule has 0 aliphatic rings. The van der Waals surface area contributed by atoms with E-state index in [0.717, 1.165) is 148 Å². The summed E-state index contributed by atoms with van der Waals surface area (Å²) < 4.78 is 34.7. The van der Waals surface area contributed by atoms with Gasteiger partial charge in [0.1, 0.15) is 19.8 Å². The molecule has 0 saturated heterocycles. The molecule has 498 valence electrons. The third kappa shape index (κ3) is 70.5. The molecular weight excluding hydrogens is 1110 g/mol. The standard InChI is InChI=1S/C78H128NO8P/c1-6-8-10-12-14-16-18-20-22-24-26-28-30-32-34-35-36-37-38-39-40-41-42-43-45-47-49-51-53-55-57-59-61-63-65-67-69-71-78(81)87-76(75-86-88(82,83)85-73-72-79(3,4)5)74-84-77(80)70-68-66-64-62-60-58-56-54-52-50-48-46-44-33-31-29-27-25-23-21-19-17-15-13-11-9-7-2/h8-11,14-17,20-23,26-29,32-34,36-37,39-40,42-44,47,49,76H,6-7,12-13,18-19,24-25,30-31,35,38,41,45-46,48,50-75H2,1-5H3/p+1/b10-8-,11-9-,16-14-,17-15-,22-20-,23-21-,28-26-,29-27-,34-32-,37-36-,40-39-,43-42-,44-33-,49-47-. The lowest BCUT2D eigenvalue weighted by Gasteiger charge is -2.24. The van der Waals surface area contributed by atoms with Crippen LogP contribution in [-0.2, 0) is 32.7 Å². The van der Waals surface area contributed by atoms with E-state index in [9.17, 15) is 19.0 Å². The third-order valence-electron chi connectivity index (χ3n) is 14.2.